The van der Waals surface area contributed by atoms with Gasteiger partial charge in [-0.25, -0.2) is 4.99 Å². The SMILES string of the molecule is CCCOc1ccc(CN=C(NCC)NC(C)COC)c(OC(F)F)c1.I. The molecule has 2 N–H and O–H groups in total. The molecule has 1 atom stereocenters. The van der Waals surface area contributed by atoms with Gasteiger partial charge in [-0.3, -0.25) is 0 Å². The maximum Gasteiger partial charge on any atom is 0.387 e. The third kappa shape index (κ3) is 10.5. The highest BCUT2D eigenvalue weighted by molar-refractivity contribution is 14.0. The summed E-state index contributed by atoms with van der Waals surface area (Å²) >= 11 is 0. The van der Waals surface area contributed by atoms with Crippen LogP contribution in [0.1, 0.15) is 32.8 Å². The van der Waals surface area contributed by atoms with Crippen molar-refractivity contribution in [2.45, 2.75) is 46.4 Å². The Morgan fingerprint density at radius 2 is 2.00 bits per heavy atom. The maximum absolute atomic E-state index is 12.7. The Morgan fingerprint density at radius 1 is 1.26 bits per heavy atom. The predicted molar refractivity (Wildman–Crippen MR) is 114 cm³/mol. The topological polar surface area (TPSA) is 64.1 Å². The summed E-state index contributed by atoms with van der Waals surface area (Å²) in [7, 11) is 1.62. The van der Waals surface area contributed by atoms with E-state index in [9.17, 15) is 8.78 Å². The first kappa shape index (κ1) is 25.6. The number of aliphatic imine (C=N–C) groups is 1. The van der Waals surface area contributed by atoms with Crippen LogP contribution in [0.4, 0.5) is 8.78 Å². The molecule has 0 saturated carbocycles. The van der Waals surface area contributed by atoms with Crippen LogP contribution in [-0.4, -0.2) is 45.5 Å². The summed E-state index contributed by atoms with van der Waals surface area (Å²) in [5.41, 5.74) is 0.547. The summed E-state index contributed by atoms with van der Waals surface area (Å²) in [6.07, 6.45) is 0.828. The van der Waals surface area contributed by atoms with Crippen LogP contribution >= 0.6 is 24.0 Å². The Labute approximate surface area is 177 Å². The van der Waals surface area contributed by atoms with Crippen LogP contribution in [0.15, 0.2) is 23.2 Å². The van der Waals surface area contributed by atoms with Crippen molar-refractivity contribution < 1.29 is 23.0 Å². The van der Waals surface area contributed by atoms with Crippen molar-refractivity contribution in [1.29, 1.82) is 0 Å². The molecule has 1 rings (SSSR count). The van der Waals surface area contributed by atoms with Crippen LogP contribution in [0.2, 0.25) is 0 Å². The van der Waals surface area contributed by atoms with Crippen molar-refractivity contribution >= 4 is 29.9 Å². The molecule has 6 nitrogen and oxygen atoms in total. The van der Waals surface area contributed by atoms with Gasteiger partial charge in [0, 0.05) is 31.3 Å². The zero-order valence-electron chi connectivity index (χ0n) is 16.3. The quantitative estimate of drug-likeness (QED) is 0.275. The molecule has 0 aliphatic rings. The van der Waals surface area contributed by atoms with Crippen molar-refractivity contribution in [3.63, 3.8) is 0 Å². The van der Waals surface area contributed by atoms with Crippen LogP contribution in [0.5, 0.6) is 11.5 Å². The van der Waals surface area contributed by atoms with Gasteiger partial charge >= 0.3 is 6.61 Å². The van der Waals surface area contributed by atoms with E-state index in [1.807, 2.05) is 20.8 Å². The standard InChI is InChI=1S/C18H29F2N3O3.HI/c1-5-9-25-15-8-7-14(16(10-15)26-17(19)20)11-22-18(21-6-2)23-13(3)12-24-4;/h7-8,10,13,17H,5-6,9,11-12H2,1-4H3,(H2,21,22,23);1H. The lowest BCUT2D eigenvalue weighted by Crippen LogP contribution is -2.43. The zero-order chi connectivity index (χ0) is 19.4. The summed E-state index contributed by atoms with van der Waals surface area (Å²) in [4.78, 5) is 4.44. The van der Waals surface area contributed by atoms with Gasteiger partial charge in [-0.15, -0.1) is 24.0 Å². The fraction of sp³-hybridized carbons (Fsp3) is 0.611. The highest BCUT2D eigenvalue weighted by atomic mass is 127. The zero-order valence-corrected chi connectivity index (χ0v) is 18.6. The average Bonchev–Trinajstić information content (AvgIpc) is 2.58. The molecular formula is C18H30F2IN3O3. The van der Waals surface area contributed by atoms with Gasteiger partial charge in [0.25, 0.3) is 0 Å². The second-order valence-electron chi connectivity index (χ2n) is 5.69. The van der Waals surface area contributed by atoms with Crippen molar-refractivity contribution in [3.05, 3.63) is 23.8 Å². The molecule has 0 spiro atoms. The number of nitrogens with zero attached hydrogens (tertiary/aromatic N) is 1. The van der Waals surface area contributed by atoms with E-state index in [0.29, 0.717) is 37.0 Å². The number of rotatable bonds is 11. The second-order valence-corrected chi connectivity index (χ2v) is 5.69. The minimum atomic E-state index is -2.91. The second kappa shape index (κ2) is 14.7. The number of methoxy groups -OCH3 is 1. The van der Waals surface area contributed by atoms with E-state index < -0.39 is 6.61 Å². The molecule has 0 heterocycles. The van der Waals surface area contributed by atoms with E-state index in [1.54, 1.807) is 19.2 Å². The molecular weight excluding hydrogens is 471 g/mol. The van der Waals surface area contributed by atoms with Crippen molar-refractivity contribution in [1.82, 2.24) is 10.6 Å². The fourth-order valence-corrected chi connectivity index (χ4v) is 2.19. The van der Waals surface area contributed by atoms with Gasteiger partial charge < -0.3 is 24.8 Å². The molecule has 0 bridgehead atoms. The Balaban J connectivity index is 0.00000676. The number of guanidine groups is 1. The van der Waals surface area contributed by atoms with Crippen LogP contribution in [0, 0.1) is 0 Å². The van der Waals surface area contributed by atoms with Gasteiger partial charge in [-0.05, 0) is 32.4 Å². The molecule has 156 valence electrons. The minimum Gasteiger partial charge on any atom is -0.493 e. The van der Waals surface area contributed by atoms with Crippen LogP contribution in [0.3, 0.4) is 0 Å². The lowest BCUT2D eigenvalue weighted by atomic mass is 10.2. The van der Waals surface area contributed by atoms with Gasteiger partial charge in [-0.2, -0.15) is 8.78 Å². The van der Waals surface area contributed by atoms with E-state index in [1.165, 1.54) is 6.07 Å². The number of hydrogen-bond donors (Lipinski definition) is 2. The first-order valence-corrected chi connectivity index (χ1v) is 8.74. The molecule has 27 heavy (non-hydrogen) atoms. The molecule has 0 fully saturated rings. The third-order valence-corrected chi connectivity index (χ3v) is 3.28. The van der Waals surface area contributed by atoms with Gasteiger partial charge in [0.05, 0.1) is 19.8 Å². The highest BCUT2D eigenvalue weighted by Crippen LogP contribution is 2.27. The Hall–Kier alpha value is -1.36. The van der Waals surface area contributed by atoms with E-state index >= 15 is 0 Å². The predicted octanol–water partition coefficient (Wildman–Crippen LogP) is 3.78. The lowest BCUT2D eigenvalue weighted by Gasteiger charge is -2.17. The monoisotopic (exact) mass is 501 g/mol. The molecule has 9 heteroatoms. The molecule has 0 aliphatic heterocycles. The summed E-state index contributed by atoms with van der Waals surface area (Å²) in [5.74, 6) is 1.14. The molecule has 0 saturated heterocycles. The maximum atomic E-state index is 12.7. The number of hydrogen-bond acceptors (Lipinski definition) is 4. The molecule has 1 aromatic carbocycles. The van der Waals surface area contributed by atoms with Crippen LogP contribution < -0.4 is 20.1 Å². The minimum absolute atomic E-state index is 0. The van der Waals surface area contributed by atoms with Gasteiger partial charge in [0.2, 0.25) is 0 Å². The summed E-state index contributed by atoms with van der Waals surface area (Å²) < 4.78 is 40.6. The van der Waals surface area contributed by atoms with Gasteiger partial charge in [0.1, 0.15) is 11.5 Å². The van der Waals surface area contributed by atoms with Crippen molar-refractivity contribution in [2.24, 2.45) is 4.99 Å². The van der Waals surface area contributed by atoms with Crippen molar-refractivity contribution in [3.8, 4) is 11.5 Å². The van der Waals surface area contributed by atoms with E-state index in [0.717, 1.165) is 6.42 Å². The lowest BCUT2D eigenvalue weighted by molar-refractivity contribution is -0.0505. The summed E-state index contributed by atoms with van der Waals surface area (Å²) in [6.45, 7) is 4.86. The largest absolute Gasteiger partial charge is 0.493 e. The smallest absolute Gasteiger partial charge is 0.387 e. The summed E-state index contributed by atoms with van der Waals surface area (Å²) in [6, 6.07) is 4.95. The summed E-state index contributed by atoms with van der Waals surface area (Å²) in [5, 5.41) is 6.30. The molecule has 0 amide bonds. The Kier molecular flexibility index (Phi) is 13.9. The number of alkyl halides is 2. The number of halogens is 3. The van der Waals surface area contributed by atoms with E-state index in [-0.39, 0.29) is 42.3 Å². The Bertz CT molecular complexity index is 563. The molecule has 0 aromatic heterocycles. The molecule has 0 radical (unpaired) electrons. The molecule has 0 aliphatic carbocycles. The molecule has 1 aromatic rings. The van der Waals surface area contributed by atoms with Gasteiger partial charge in [-0.1, -0.05) is 6.92 Å². The first-order valence-electron chi connectivity index (χ1n) is 8.74. The van der Waals surface area contributed by atoms with Crippen LogP contribution in [0.25, 0.3) is 0 Å². The normalized spacial score (nSPS) is 12.3. The van der Waals surface area contributed by atoms with Gasteiger partial charge in [0.15, 0.2) is 5.96 Å². The highest BCUT2D eigenvalue weighted by Gasteiger charge is 2.12. The Morgan fingerprint density at radius 3 is 2.59 bits per heavy atom. The molecule has 1 unspecified atom stereocenters. The number of benzene rings is 1. The third-order valence-electron chi connectivity index (χ3n) is 3.28. The van der Waals surface area contributed by atoms with Crippen molar-refractivity contribution in [2.75, 3.05) is 26.9 Å². The van der Waals surface area contributed by atoms with E-state index in [4.69, 9.17) is 9.47 Å². The number of ether oxygens (including phenoxy) is 3. The van der Waals surface area contributed by atoms with Crippen LogP contribution in [-0.2, 0) is 11.3 Å². The van der Waals surface area contributed by atoms with E-state index in [2.05, 4.69) is 20.4 Å². The first-order chi connectivity index (χ1) is 12.5. The average molecular weight is 501 g/mol. The fourth-order valence-electron chi connectivity index (χ4n) is 2.19. The number of nitrogens with one attached hydrogen (secondary N) is 2.